The Morgan fingerprint density at radius 3 is 2.82 bits per heavy atom. The van der Waals surface area contributed by atoms with Crippen LogP contribution in [0.15, 0.2) is 18.5 Å². The maximum Gasteiger partial charge on any atom is 0.141 e. The Labute approximate surface area is 66.2 Å². The largest absolute Gasteiger partial charge is 0.495 e. The van der Waals surface area contributed by atoms with E-state index < -0.39 is 0 Å². The van der Waals surface area contributed by atoms with E-state index in [-0.39, 0.29) is 6.04 Å². The summed E-state index contributed by atoms with van der Waals surface area (Å²) < 4.78 is 5.06. The second-order valence-electron chi connectivity index (χ2n) is 2.41. The van der Waals surface area contributed by atoms with Gasteiger partial charge in [-0.1, -0.05) is 0 Å². The fraction of sp³-hybridized carbons (Fsp3) is 0.375. The monoisotopic (exact) mass is 152 g/mol. The van der Waals surface area contributed by atoms with Crippen molar-refractivity contribution in [3.63, 3.8) is 0 Å². The molecule has 0 saturated heterocycles. The summed E-state index contributed by atoms with van der Waals surface area (Å²) in [5.41, 5.74) is 6.67. The molecule has 11 heavy (non-hydrogen) atoms. The zero-order chi connectivity index (χ0) is 8.27. The Kier molecular flexibility index (Phi) is 2.44. The van der Waals surface area contributed by atoms with Crippen LogP contribution in [0.25, 0.3) is 0 Å². The molecule has 0 aliphatic carbocycles. The number of aromatic nitrogens is 1. The molecule has 0 radical (unpaired) electrons. The lowest BCUT2D eigenvalue weighted by atomic mass is 10.1. The average Bonchev–Trinajstić information content (AvgIpc) is 2.04. The van der Waals surface area contributed by atoms with Crippen molar-refractivity contribution in [2.45, 2.75) is 13.0 Å². The lowest BCUT2D eigenvalue weighted by molar-refractivity contribution is 0.405. The van der Waals surface area contributed by atoms with Crippen LogP contribution in [-0.4, -0.2) is 12.1 Å². The Balaban J connectivity index is 3.02. The zero-order valence-electron chi connectivity index (χ0n) is 6.74. The van der Waals surface area contributed by atoms with E-state index >= 15 is 0 Å². The van der Waals surface area contributed by atoms with E-state index in [1.807, 2.05) is 13.0 Å². The highest BCUT2D eigenvalue weighted by Crippen LogP contribution is 2.20. The first-order valence-electron chi connectivity index (χ1n) is 3.49. The molecule has 3 heteroatoms. The van der Waals surface area contributed by atoms with Crippen molar-refractivity contribution in [2.75, 3.05) is 7.11 Å². The minimum atomic E-state index is -0.00653. The first kappa shape index (κ1) is 8.01. The van der Waals surface area contributed by atoms with E-state index in [0.29, 0.717) is 0 Å². The Morgan fingerprint density at radius 2 is 2.36 bits per heavy atom. The molecule has 1 aromatic heterocycles. The van der Waals surface area contributed by atoms with Gasteiger partial charge in [0.25, 0.3) is 0 Å². The van der Waals surface area contributed by atoms with Crippen molar-refractivity contribution < 1.29 is 4.74 Å². The molecule has 3 nitrogen and oxygen atoms in total. The number of nitrogens with two attached hydrogens (primary N) is 1. The van der Waals surface area contributed by atoms with Gasteiger partial charge in [0.2, 0.25) is 0 Å². The smallest absolute Gasteiger partial charge is 0.141 e. The van der Waals surface area contributed by atoms with Crippen LogP contribution in [-0.2, 0) is 0 Å². The quantitative estimate of drug-likeness (QED) is 0.690. The Morgan fingerprint density at radius 1 is 1.64 bits per heavy atom. The van der Waals surface area contributed by atoms with Crippen LogP contribution < -0.4 is 10.5 Å². The van der Waals surface area contributed by atoms with Gasteiger partial charge in [0.05, 0.1) is 13.3 Å². The highest BCUT2D eigenvalue weighted by molar-refractivity contribution is 5.31. The van der Waals surface area contributed by atoms with Crippen molar-refractivity contribution in [3.05, 3.63) is 24.0 Å². The fourth-order valence-electron chi connectivity index (χ4n) is 0.937. The lowest BCUT2D eigenvalue weighted by Crippen LogP contribution is -2.06. The van der Waals surface area contributed by atoms with Crippen LogP contribution in [0.3, 0.4) is 0 Å². The number of nitrogens with zero attached hydrogens (tertiary/aromatic N) is 1. The van der Waals surface area contributed by atoms with Crippen LogP contribution in [0.1, 0.15) is 18.5 Å². The van der Waals surface area contributed by atoms with Crippen molar-refractivity contribution in [1.82, 2.24) is 4.98 Å². The van der Waals surface area contributed by atoms with E-state index in [0.717, 1.165) is 11.3 Å². The molecule has 0 aromatic carbocycles. The van der Waals surface area contributed by atoms with Crippen molar-refractivity contribution in [1.29, 1.82) is 0 Å². The van der Waals surface area contributed by atoms with Gasteiger partial charge in [0.1, 0.15) is 5.75 Å². The van der Waals surface area contributed by atoms with Crippen molar-refractivity contribution in [2.24, 2.45) is 5.73 Å². The number of hydrogen-bond donors (Lipinski definition) is 1. The second-order valence-corrected chi connectivity index (χ2v) is 2.41. The predicted molar refractivity (Wildman–Crippen MR) is 43.4 cm³/mol. The molecule has 1 rings (SSSR count). The van der Waals surface area contributed by atoms with Gasteiger partial charge in [0, 0.05) is 17.8 Å². The molecule has 0 spiro atoms. The molecule has 0 fully saturated rings. The second kappa shape index (κ2) is 3.34. The molecule has 0 bridgehead atoms. The van der Waals surface area contributed by atoms with Gasteiger partial charge >= 0.3 is 0 Å². The third-order valence-corrected chi connectivity index (χ3v) is 1.53. The molecule has 1 aromatic rings. The van der Waals surface area contributed by atoms with E-state index in [9.17, 15) is 0 Å². The Hall–Kier alpha value is -1.09. The molecule has 2 N–H and O–H groups in total. The first-order valence-corrected chi connectivity index (χ1v) is 3.49. The predicted octanol–water partition coefficient (Wildman–Crippen LogP) is 1.11. The maximum absolute atomic E-state index is 5.68. The van der Waals surface area contributed by atoms with E-state index in [2.05, 4.69) is 4.98 Å². The number of ether oxygens (including phenoxy) is 1. The first-order chi connectivity index (χ1) is 5.25. The summed E-state index contributed by atoms with van der Waals surface area (Å²) in [7, 11) is 1.61. The van der Waals surface area contributed by atoms with Crippen LogP contribution in [0.5, 0.6) is 5.75 Å². The molecule has 60 valence electrons. The van der Waals surface area contributed by atoms with E-state index in [4.69, 9.17) is 10.5 Å². The number of pyridine rings is 1. The van der Waals surface area contributed by atoms with Gasteiger partial charge in [-0.3, -0.25) is 4.98 Å². The summed E-state index contributed by atoms with van der Waals surface area (Å²) >= 11 is 0. The number of rotatable bonds is 2. The molecule has 1 atom stereocenters. The highest BCUT2D eigenvalue weighted by atomic mass is 16.5. The van der Waals surface area contributed by atoms with E-state index in [1.54, 1.807) is 19.5 Å². The van der Waals surface area contributed by atoms with Crippen LogP contribution in [0, 0.1) is 0 Å². The molecular weight excluding hydrogens is 140 g/mol. The van der Waals surface area contributed by atoms with Crippen LogP contribution in [0.4, 0.5) is 0 Å². The Bertz CT molecular complexity index is 235. The average molecular weight is 152 g/mol. The SMILES string of the molecule is COc1cnccc1C(C)N. The topological polar surface area (TPSA) is 48.1 Å². The summed E-state index contributed by atoms with van der Waals surface area (Å²) in [6.07, 6.45) is 3.37. The van der Waals surface area contributed by atoms with Gasteiger partial charge in [0.15, 0.2) is 0 Å². The highest BCUT2D eigenvalue weighted by Gasteiger charge is 2.05. The van der Waals surface area contributed by atoms with Gasteiger partial charge < -0.3 is 10.5 Å². The third-order valence-electron chi connectivity index (χ3n) is 1.53. The summed E-state index contributed by atoms with van der Waals surface area (Å²) in [6, 6.07) is 1.86. The lowest BCUT2D eigenvalue weighted by Gasteiger charge is -2.09. The molecule has 0 aliphatic rings. The van der Waals surface area contributed by atoms with Gasteiger partial charge in [-0.15, -0.1) is 0 Å². The van der Waals surface area contributed by atoms with Crippen LogP contribution >= 0.6 is 0 Å². The van der Waals surface area contributed by atoms with Crippen LogP contribution in [0.2, 0.25) is 0 Å². The zero-order valence-corrected chi connectivity index (χ0v) is 6.74. The molecule has 1 heterocycles. The van der Waals surface area contributed by atoms with Crippen molar-refractivity contribution in [3.8, 4) is 5.75 Å². The van der Waals surface area contributed by atoms with Gasteiger partial charge in [-0.2, -0.15) is 0 Å². The molecule has 0 aliphatic heterocycles. The fourth-order valence-corrected chi connectivity index (χ4v) is 0.937. The molecule has 0 amide bonds. The van der Waals surface area contributed by atoms with Gasteiger partial charge in [-0.25, -0.2) is 0 Å². The van der Waals surface area contributed by atoms with Crippen molar-refractivity contribution >= 4 is 0 Å². The summed E-state index contributed by atoms with van der Waals surface area (Å²) in [6.45, 7) is 1.91. The maximum atomic E-state index is 5.68. The summed E-state index contributed by atoms with van der Waals surface area (Å²) in [4.78, 5) is 3.92. The normalized spacial score (nSPS) is 12.6. The summed E-state index contributed by atoms with van der Waals surface area (Å²) in [5, 5.41) is 0. The standard InChI is InChI=1S/C8H12N2O/c1-6(9)7-3-4-10-5-8(7)11-2/h3-6H,9H2,1-2H3. The third kappa shape index (κ3) is 1.68. The number of methoxy groups -OCH3 is 1. The summed E-state index contributed by atoms with van der Waals surface area (Å²) in [5.74, 6) is 0.752. The molecule has 0 saturated carbocycles. The van der Waals surface area contributed by atoms with Gasteiger partial charge in [-0.05, 0) is 13.0 Å². The van der Waals surface area contributed by atoms with E-state index in [1.165, 1.54) is 0 Å². The minimum absolute atomic E-state index is 0.00653. The molecule has 1 unspecified atom stereocenters. The molecular formula is C8H12N2O. The number of hydrogen-bond acceptors (Lipinski definition) is 3. The minimum Gasteiger partial charge on any atom is -0.495 e.